The van der Waals surface area contributed by atoms with Crippen molar-refractivity contribution in [3.8, 4) is 0 Å². The number of carbonyl (C=O) groups excluding carboxylic acids is 2. The van der Waals surface area contributed by atoms with E-state index in [1.807, 2.05) is 0 Å². The van der Waals surface area contributed by atoms with Gasteiger partial charge in [-0.2, -0.15) is 0 Å². The number of carbonyl (C=O) groups is 2. The summed E-state index contributed by atoms with van der Waals surface area (Å²) in [5.41, 5.74) is 0. The molecule has 0 bridgehead atoms. The van der Waals surface area contributed by atoms with Gasteiger partial charge in [0.15, 0.2) is 0 Å². The average Bonchev–Trinajstić information content (AvgIpc) is 2.70. The van der Waals surface area contributed by atoms with Crippen LogP contribution in [0.25, 0.3) is 0 Å². The van der Waals surface area contributed by atoms with Gasteiger partial charge >= 0.3 is 6.03 Å². The fourth-order valence-corrected chi connectivity index (χ4v) is 3.16. The summed E-state index contributed by atoms with van der Waals surface area (Å²) in [4.78, 5) is 25.1. The van der Waals surface area contributed by atoms with Crippen molar-refractivity contribution < 1.29 is 9.59 Å². The van der Waals surface area contributed by atoms with Crippen LogP contribution in [0.3, 0.4) is 0 Å². The van der Waals surface area contributed by atoms with E-state index in [1.165, 1.54) is 32.1 Å². The van der Waals surface area contributed by atoms with Crippen molar-refractivity contribution in [2.45, 2.75) is 45.4 Å². The van der Waals surface area contributed by atoms with Gasteiger partial charge in [0.25, 0.3) is 0 Å². The number of nitrogens with zero attached hydrogens (tertiary/aromatic N) is 1. The number of hydrogen-bond donors (Lipinski definition) is 2. The molecule has 1 aliphatic carbocycles. The minimum Gasteiger partial charge on any atom is -0.354 e. The highest BCUT2D eigenvalue weighted by Gasteiger charge is 2.22. The van der Waals surface area contributed by atoms with Crippen LogP contribution in [-0.4, -0.2) is 43.0 Å². The second kappa shape index (κ2) is 7.50. The highest BCUT2D eigenvalue weighted by molar-refractivity contribution is 5.79. The van der Waals surface area contributed by atoms with E-state index in [0.717, 1.165) is 12.5 Å². The first kappa shape index (κ1) is 15.1. The predicted molar refractivity (Wildman–Crippen MR) is 78.3 cm³/mol. The quantitative estimate of drug-likeness (QED) is 0.827. The number of nitrogens with one attached hydrogen (secondary N) is 2. The molecule has 1 saturated carbocycles. The molecular weight excluding hydrogens is 254 g/mol. The molecule has 2 fully saturated rings. The van der Waals surface area contributed by atoms with E-state index in [4.69, 9.17) is 0 Å². The molecule has 0 aromatic rings. The van der Waals surface area contributed by atoms with Crippen LogP contribution in [0.1, 0.15) is 45.4 Å². The third-order valence-electron chi connectivity index (χ3n) is 4.69. The molecule has 0 unspecified atom stereocenters. The predicted octanol–water partition coefficient (Wildman–Crippen LogP) is 1.73. The summed E-state index contributed by atoms with van der Waals surface area (Å²) < 4.78 is 0. The molecular formula is C15H27N3O2. The Labute approximate surface area is 121 Å². The van der Waals surface area contributed by atoms with Crippen LogP contribution in [-0.2, 0) is 4.79 Å². The van der Waals surface area contributed by atoms with Gasteiger partial charge in [0, 0.05) is 32.6 Å². The summed E-state index contributed by atoms with van der Waals surface area (Å²) >= 11 is 0. The first-order valence-electron chi connectivity index (χ1n) is 7.98. The molecule has 0 aromatic heterocycles. The van der Waals surface area contributed by atoms with E-state index in [2.05, 4.69) is 17.6 Å². The minimum absolute atomic E-state index is 0.0147. The van der Waals surface area contributed by atoms with Gasteiger partial charge in [-0.15, -0.1) is 0 Å². The third kappa shape index (κ3) is 4.39. The Kier molecular flexibility index (Phi) is 5.68. The molecule has 1 heterocycles. The first-order valence-corrected chi connectivity index (χ1v) is 7.98. The van der Waals surface area contributed by atoms with Gasteiger partial charge in [0.2, 0.25) is 5.91 Å². The Morgan fingerprint density at radius 1 is 1.25 bits per heavy atom. The Bertz CT molecular complexity index is 338. The molecule has 0 radical (unpaired) electrons. The molecule has 114 valence electrons. The van der Waals surface area contributed by atoms with Gasteiger partial charge in [0.1, 0.15) is 0 Å². The number of urea groups is 1. The molecule has 5 heteroatoms. The summed E-state index contributed by atoms with van der Waals surface area (Å²) in [7, 11) is 0. The Balaban J connectivity index is 1.68. The molecule has 2 N–H and O–H groups in total. The maximum absolute atomic E-state index is 12.1. The van der Waals surface area contributed by atoms with E-state index in [1.54, 1.807) is 4.90 Å². The van der Waals surface area contributed by atoms with Gasteiger partial charge < -0.3 is 15.5 Å². The van der Waals surface area contributed by atoms with Crippen LogP contribution in [0, 0.1) is 11.8 Å². The highest BCUT2D eigenvalue weighted by atomic mass is 16.2. The summed E-state index contributed by atoms with van der Waals surface area (Å²) in [5, 5.41) is 5.83. The fraction of sp³-hybridized carbons (Fsp3) is 0.867. The molecule has 1 aliphatic heterocycles. The maximum atomic E-state index is 12.1. The van der Waals surface area contributed by atoms with Gasteiger partial charge in [0.05, 0.1) is 0 Å². The standard InChI is InChI=1S/C15H27N3O2/c1-2-12-3-5-13(6-4-12)11-17-15(20)18-9-7-14(19)16-8-10-18/h12-13H,2-11H2,1H3,(H,16,19)(H,17,20). The monoisotopic (exact) mass is 281 g/mol. The summed E-state index contributed by atoms with van der Waals surface area (Å²) in [6, 6.07) is -0.0147. The van der Waals surface area contributed by atoms with E-state index >= 15 is 0 Å². The van der Waals surface area contributed by atoms with E-state index in [-0.39, 0.29) is 11.9 Å². The molecule has 20 heavy (non-hydrogen) atoms. The molecule has 2 rings (SSSR count). The number of hydrogen-bond acceptors (Lipinski definition) is 2. The molecule has 0 aromatic carbocycles. The summed E-state index contributed by atoms with van der Waals surface area (Å²) in [6.07, 6.45) is 6.78. The average molecular weight is 281 g/mol. The van der Waals surface area contributed by atoms with Crippen molar-refractivity contribution in [3.05, 3.63) is 0 Å². The van der Waals surface area contributed by atoms with Crippen molar-refractivity contribution in [2.75, 3.05) is 26.2 Å². The fourth-order valence-electron chi connectivity index (χ4n) is 3.16. The van der Waals surface area contributed by atoms with E-state index < -0.39 is 0 Å². The van der Waals surface area contributed by atoms with Gasteiger partial charge in [-0.1, -0.05) is 26.2 Å². The van der Waals surface area contributed by atoms with Gasteiger partial charge in [-0.05, 0) is 24.7 Å². The third-order valence-corrected chi connectivity index (χ3v) is 4.69. The lowest BCUT2D eigenvalue weighted by Gasteiger charge is -2.29. The second-order valence-corrected chi connectivity index (χ2v) is 6.07. The second-order valence-electron chi connectivity index (χ2n) is 6.07. The first-order chi connectivity index (χ1) is 9.69. The van der Waals surface area contributed by atoms with Crippen LogP contribution >= 0.6 is 0 Å². The zero-order valence-corrected chi connectivity index (χ0v) is 12.5. The van der Waals surface area contributed by atoms with Crippen LogP contribution in [0.2, 0.25) is 0 Å². The summed E-state index contributed by atoms with van der Waals surface area (Å²) in [5.74, 6) is 1.57. The zero-order valence-electron chi connectivity index (χ0n) is 12.5. The van der Waals surface area contributed by atoms with E-state index in [9.17, 15) is 9.59 Å². The van der Waals surface area contributed by atoms with Crippen LogP contribution < -0.4 is 10.6 Å². The Morgan fingerprint density at radius 2 is 1.95 bits per heavy atom. The topological polar surface area (TPSA) is 61.4 Å². The highest BCUT2D eigenvalue weighted by Crippen LogP contribution is 2.30. The van der Waals surface area contributed by atoms with Crippen molar-refractivity contribution >= 4 is 11.9 Å². The smallest absolute Gasteiger partial charge is 0.317 e. The molecule has 2 aliphatic rings. The molecule has 5 nitrogen and oxygen atoms in total. The summed E-state index contributed by atoms with van der Waals surface area (Å²) in [6.45, 7) is 4.75. The lowest BCUT2D eigenvalue weighted by Crippen LogP contribution is -2.43. The normalized spacial score (nSPS) is 27.6. The molecule has 0 atom stereocenters. The van der Waals surface area contributed by atoms with Gasteiger partial charge in [-0.3, -0.25) is 4.79 Å². The molecule has 1 saturated heterocycles. The van der Waals surface area contributed by atoms with Crippen LogP contribution in [0.4, 0.5) is 4.79 Å². The van der Waals surface area contributed by atoms with Crippen LogP contribution in [0.15, 0.2) is 0 Å². The van der Waals surface area contributed by atoms with Crippen molar-refractivity contribution in [1.29, 1.82) is 0 Å². The largest absolute Gasteiger partial charge is 0.354 e. The lowest BCUT2D eigenvalue weighted by molar-refractivity contribution is -0.120. The number of rotatable bonds is 3. The zero-order chi connectivity index (χ0) is 14.4. The maximum Gasteiger partial charge on any atom is 0.317 e. The molecule has 3 amide bonds. The van der Waals surface area contributed by atoms with Crippen molar-refractivity contribution in [1.82, 2.24) is 15.5 Å². The Morgan fingerprint density at radius 3 is 2.65 bits per heavy atom. The number of amides is 3. The Hall–Kier alpha value is -1.26. The van der Waals surface area contributed by atoms with Crippen molar-refractivity contribution in [2.24, 2.45) is 11.8 Å². The van der Waals surface area contributed by atoms with E-state index in [0.29, 0.717) is 32.0 Å². The lowest BCUT2D eigenvalue weighted by atomic mass is 9.81. The van der Waals surface area contributed by atoms with Crippen molar-refractivity contribution in [3.63, 3.8) is 0 Å². The van der Waals surface area contributed by atoms with Gasteiger partial charge in [-0.25, -0.2) is 4.79 Å². The minimum atomic E-state index is -0.0147. The van der Waals surface area contributed by atoms with Crippen LogP contribution in [0.5, 0.6) is 0 Å². The SMILES string of the molecule is CCC1CCC(CNC(=O)N2CCNC(=O)CC2)CC1. The molecule has 0 spiro atoms.